The normalized spacial score (nSPS) is 10.9. The van der Waals surface area contributed by atoms with Gasteiger partial charge in [-0.15, -0.1) is 0 Å². The molecule has 0 amide bonds. The average Bonchev–Trinajstić information content (AvgIpc) is 2.92. The minimum atomic E-state index is 0.573. The van der Waals surface area contributed by atoms with Gasteiger partial charge in [-0.3, -0.25) is 0 Å². The highest BCUT2D eigenvalue weighted by Crippen LogP contribution is 2.29. The fourth-order valence-corrected chi connectivity index (χ4v) is 2.78. The van der Waals surface area contributed by atoms with Crippen molar-refractivity contribution < 1.29 is 4.74 Å². The van der Waals surface area contributed by atoms with Gasteiger partial charge in [-0.2, -0.15) is 10.1 Å². The first-order valence-corrected chi connectivity index (χ1v) is 6.57. The molecule has 3 rings (SSSR count). The summed E-state index contributed by atoms with van der Waals surface area (Å²) >= 11 is 1.57. The lowest BCUT2D eigenvalue weighted by Crippen LogP contribution is -1.96. The number of anilines is 2. The Hall–Kier alpha value is -2.15. The van der Waals surface area contributed by atoms with Gasteiger partial charge in [0.2, 0.25) is 5.88 Å². The second-order valence-corrected chi connectivity index (χ2v) is 5.07. The maximum atomic E-state index is 5.09. The van der Waals surface area contributed by atoms with Gasteiger partial charge in [0, 0.05) is 13.1 Å². The van der Waals surface area contributed by atoms with Crippen molar-refractivity contribution in [2.75, 3.05) is 12.4 Å². The number of nitrogens with one attached hydrogen (secondary N) is 1. The van der Waals surface area contributed by atoms with Crippen molar-refractivity contribution in [3.05, 3.63) is 23.9 Å². The Morgan fingerprint density at radius 1 is 1.32 bits per heavy atom. The van der Waals surface area contributed by atoms with E-state index in [4.69, 9.17) is 4.74 Å². The summed E-state index contributed by atoms with van der Waals surface area (Å²) in [6, 6.07) is 5.56. The molecule has 3 aromatic rings. The first-order chi connectivity index (χ1) is 9.17. The maximum Gasteiger partial charge on any atom is 0.214 e. The second-order valence-electron chi connectivity index (χ2n) is 4.07. The number of aryl methyl sites for hydroxylation is 2. The molecule has 98 valence electrons. The number of hydrogen-bond donors (Lipinski definition) is 1. The van der Waals surface area contributed by atoms with Crippen LogP contribution in [0.15, 0.2) is 18.2 Å². The number of fused-ring (bicyclic) bond motifs is 1. The van der Waals surface area contributed by atoms with E-state index in [1.54, 1.807) is 29.2 Å². The van der Waals surface area contributed by atoms with E-state index in [-0.39, 0.29) is 0 Å². The van der Waals surface area contributed by atoms with Crippen molar-refractivity contribution in [3.63, 3.8) is 0 Å². The summed E-state index contributed by atoms with van der Waals surface area (Å²) in [4.78, 5) is 8.81. The van der Waals surface area contributed by atoms with Gasteiger partial charge in [0.05, 0.1) is 17.5 Å². The van der Waals surface area contributed by atoms with Crippen molar-refractivity contribution in [1.82, 2.24) is 19.7 Å². The molecule has 1 N–H and O–H groups in total. The minimum absolute atomic E-state index is 0.573. The lowest BCUT2D eigenvalue weighted by molar-refractivity contribution is 0.398. The van der Waals surface area contributed by atoms with Gasteiger partial charge in [0.25, 0.3) is 0 Å². The van der Waals surface area contributed by atoms with E-state index in [0.717, 1.165) is 21.2 Å². The Balaban J connectivity index is 1.94. The van der Waals surface area contributed by atoms with E-state index in [2.05, 4.69) is 20.4 Å². The smallest absolute Gasteiger partial charge is 0.214 e. The molecule has 0 saturated carbocycles. The van der Waals surface area contributed by atoms with Crippen molar-refractivity contribution in [1.29, 1.82) is 0 Å². The number of methoxy groups -OCH3 is 1. The van der Waals surface area contributed by atoms with Crippen molar-refractivity contribution >= 4 is 32.6 Å². The Kier molecular flexibility index (Phi) is 2.83. The Morgan fingerprint density at radius 3 is 2.89 bits per heavy atom. The lowest BCUT2D eigenvalue weighted by atomic mass is 10.4. The van der Waals surface area contributed by atoms with E-state index in [1.165, 1.54) is 0 Å². The summed E-state index contributed by atoms with van der Waals surface area (Å²) in [5, 5.41) is 8.31. The number of aromatic nitrogens is 4. The zero-order chi connectivity index (χ0) is 13.4. The molecule has 0 aliphatic heterocycles. The molecule has 0 aliphatic rings. The van der Waals surface area contributed by atoms with Gasteiger partial charge in [-0.1, -0.05) is 17.4 Å². The Morgan fingerprint density at radius 2 is 2.16 bits per heavy atom. The molecule has 7 heteroatoms. The first-order valence-electron chi connectivity index (χ1n) is 5.75. The molecule has 19 heavy (non-hydrogen) atoms. The highest BCUT2D eigenvalue weighted by molar-refractivity contribution is 7.22. The van der Waals surface area contributed by atoms with Gasteiger partial charge < -0.3 is 10.1 Å². The van der Waals surface area contributed by atoms with Gasteiger partial charge >= 0.3 is 0 Å². The monoisotopic (exact) mass is 275 g/mol. The maximum absolute atomic E-state index is 5.09. The van der Waals surface area contributed by atoms with Crippen LogP contribution < -0.4 is 10.1 Å². The quantitative estimate of drug-likeness (QED) is 0.795. The number of nitrogens with zero attached hydrogens (tertiary/aromatic N) is 4. The molecule has 3 aromatic heterocycles. The topological polar surface area (TPSA) is 64.9 Å². The summed E-state index contributed by atoms with van der Waals surface area (Å²) in [5.41, 5.74) is 1.87. The molecule has 0 radical (unpaired) electrons. The molecule has 0 aromatic carbocycles. The molecule has 0 aliphatic carbocycles. The Bertz CT molecular complexity index is 698. The van der Waals surface area contributed by atoms with Crippen molar-refractivity contribution in [2.24, 2.45) is 7.05 Å². The average molecular weight is 275 g/mol. The second kappa shape index (κ2) is 4.51. The third kappa shape index (κ3) is 2.12. The van der Waals surface area contributed by atoms with Gasteiger partial charge in [0.1, 0.15) is 5.82 Å². The summed E-state index contributed by atoms with van der Waals surface area (Å²) < 4.78 is 7.97. The molecule has 6 nitrogen and oxygen atoms in total. The molecular weight excluding hydrogens is 262 g/mol. The number of ether oxygens (including phenoxy) is 1. The van der Waals surface area contributed by atoms with E-state index in [1.807, 2.05) is 26.1 Å². The van der Waals surface area contributed by atoms with Gasteiger partial charge in [0.15, 0.2) is 10.8 Å². The van der Waals surface area contributed by atoms with Crippen LogP contribution in [0.4, 0.5) is 10.9 Å². The Labute approximate surface area is 114 Å². The lowest BCUT2D eigenvalue weighted by Gasteiger charge is -2.03. The molecule has 0 bridgehead atoms. The van der Waals surface area contributed by atoms with E-state index in [0.29, 0.717) is 11.7 Å². The van der Waals surface area contributed by atoms with Crippen LogP contribution in [0, 0.1) is 6.92 Å². The summed E-state index contributed by atoms with van der Waals surface area (Å²) in [5.74, 6) is 1.29. The molecule has 0 fully saturated rings. The third-order valence-corrected chi connectivity index (χ3v) is 3.78. The fraction of sp³-hybridized carbons (Fsp3) is 0.250. The van der Waals surface area contributed by atoms with Crippen LogP contribution in [0.2, 0.25) is 0 Å². The highest BCUT2D eigenvalue weighted by atomic mass is 32.1. The predicted octanol–water partition coefficient (Wildman–Crippen LogP) is 2.49. The zero-order valence-corrected chi connectivity index (χ0v) is 11.7. The largest absolute Gasteiger partial charge is 0.481 e. The summed E-state index contributed by atoms with van der Waals surface area (Å²) in [6.45, 7) is 1.98. The number of rotatable bonds is 3. The first kappa shape index (κ1) is 11.9. The van der Waals surface area contributed by atoms with E-state index >= 15 is 0 Å². The highest BCUT2D eigenvalue weighted by Gasteiger charge is 2.12. The molecule has 0 saturated heterocycles. The third-order valence-electron chi connectivity index (χ3n) is 2.71. The number of thiazole rings is 1. The number of pyridine rings is 1. The fourth-order valence-electron chi connectivity index (χ4n) is 1.85. The van der Waals surface area contributed by atoms with E-state index in [9.17, 15) is 0 Å². The molecule has 0 atom stereocenters. The van der Waals surface area contributed by atoms with Gasteiger partial charge in [-0.25, -0.2) is 9.67 Å². The zero-order valence-electron chi connectivity index (χ0n) is 10.8. The molecule has 0 spiro atoms. The standard InChI is InChI=1S/C12H13N5OS/c1-7-10-11(17(2)16-7)15-12(19-10)14-8-5-4-6-9(13-8)18-3/h4-6H,1-3H3,(H,13,14,15). The predicted molar refractivity (Wildman–Crippen MR) is 75.2 cm³/mol. The van der Waals surface area contributed by atoms with Crippen LogP contribution in [0.1, 0.15) is 5.69 Å². The number of hydrogen-bond acceptors (Lipinski definition) is 6. The van der Waals surface area contributed by atoms with Crippen LogP contribution in [0.5, 0.6) is 5.88 Å². The van der Waals surface area contributed by atoms with Gasteiger partial charge in [-0.05, 0) is 13.0 Å². The van der Waals surface area contributed by atoms with Crippen molar-refractivity contribution in [2.45, 2.75) is 6.92 Å². The van der Waals surface area contributed by atoms with Crippen LogP contribution >= 0.6 is 11.3 Å². The summed E-state index contributed by atoms with van der Waals surface area (Å²) in [7, 11) is 3.49. The summed E-state index contributed by atoms with van der Waals surface area (Å²) in [6.07, 6.45) is 0. The SMILES string of the molecule is COc1cccc(Nc2nc3c(s2)c(C)nn3C)n1. The van der Waals surface area contributed by atoms with Crippen LogP contribution in [0.3, 0.4) is 0 Å². The van der Waals surface area contributed by atoms with E-state index < -0.39 is 0 Å². The van der Waals surface area contributed by atoms with Crippen LogP contribution in [-0.2, 0) is 7.05 Å². The van der Waals surface area contributed by atoms with Crippen LogP contribution in [-0.4, -0.2) is 26.9 Å². The molecule has 3 heterocycles. The van der Waals surface area contributed by atoms with Crippen LogP contribution in [0.25, 0.3) is 10.3 Å². The minimum Gasteiger partial charge on any atom is -0.481 e. The molecular formula is C12H13N5OS. The molecule has 0 unspecified atom stereocenters. The van der Waals surface area contributed by atoms with Crippen molar-refractivity contribution in [3.8, 4) is 5.88 Å².